The Bertz CT molecular complexity index is 878. The van der Waals surface area contributed by atoms with Crippen LogP contribution in [0.5, 0.6) is 0 Å². The molecular formula is C23H28N+. The van der Waals surface area contributed by atoms with E-state index in [9.17, 15) is 0 Å². The number of hydrogen-bond acceptors (Lipinski definition) is 0. The summed E-state index contributed by atoms with van der Waals surface area (Å²) in [4.78, 5) is 0. The number of benzene rings is 1. The molecular weight excluding hydrogens is 290 g/mol. The lowest BCUT2D eigenvalue weighted by Crippen LogP contribution is -2.42. The molecule has 0 radical (unpaired) electrons. The molecule has 2 unspecified atom stereocenters. The largest absolute Gasteiger partial charge is 0.216 e. The van der Waals surface area contributed by atoms with Crippen LogP contribution in [0.3, 0.4) is 0 Å². The molecule has 2 atom stereocenters. The molecule has 5 rings (SSSR count). The second kappa shape index (κ2) is 4.50. The van der Waals surface area contributed by atoms with Gasteiger partial charge in [0.1, 0.15) is 7.05 Å². The fourth-order valence-electron chi connectivity index (χ4n) is 6.05. The minimum Gasteiger partial charge on any atom is -0.198 e. The first-order valence-electron chi connectivity index (χ1n) is 9.59. The average molecular weight is 318 g/mol. The second-order valence-electron chi connectivity index (χ2n) is 9.02. The summed E-state index contributed by atoms with van der Waals surface area (Å²) >= 11 is 0. The van der Waals surface area contributed by atoms with E-state index in [1.54, 1.807) is 22.4 Å². The van der Waals surface area contributed by atoms with Gasteiger partial charge in [-0.3, -0.25) is 0 Å². The van der Waals surface area contributed by atoms with Crippen molar-refractivity contribution in [2.75, 3.05) is 0 Å². The number of rotatable bonds is 1. The van der Waals surface area contributed by atoms with Crippen LogP contribution in [-0.2, 0) is 30.7 Å². The number of aryl methyl sites for hydroxylation is 1. The lowest BCUT2D eigenvalue weighted by atomic mass is 9.63. The third kappa shape index (κ3) is 1.64. The van der Waals surface area contributed by atoms with Gasteiger partial charge in [-0.25, -0.2) is 0 Å². The van der Waals surface area contributed by atoms with E-state index in [1.807, 2.05) is 0 Å². The summed E-state index contributed by atoms with van der Waals surface area (Å²) in [5.74, 6) is 0. The highest BCUT2D eigenvalue weighted by Crippen LogP contribution is 2.58. The van der Waals surface area contributed by atoms with Crippen molar-refractivity contribution in [1.82, 2.24) is 0 Å². The Kier molecular flexibility index (Phi) is 2.76. The zero-order chi connectivity index (χ0) is 16.7. The van der Waals surface area contributed by atoms with Crippen LogP contribution in [0.4, 0.5) is 0 Å². The standard InChI is InChI=1S/C23H28N/c1-15-7-5-6-8-16(15)21-17-9-11-22(2)13-14-23(3)12-10-18(24(21)4)20(23)19(17)22/h5-8H,9-14H2,1-4H3/q+1. The van der Waals surface area contributed by atoms with Gasteiger partial charge in [-0.15, -0.1) is 0 Å². The fraction of sp³-hybridized carbons (Fsp3) is 0.522. The predicted molar refractivity (Wildman–Crippen MR) is 98.4 cm³/mol. The monoisotopic (exact) mass is 318 g/mol. The maximum atomic E-state index is 2.57. The topological polar surface area (TPSA) is 3.88 Å². The Hall–Kier alpha value is -1.63. The Labute approximate surface area is 145 Å². The van der Waals surface area contributed by atoms with Crippen molar-refractivity contribution in [3.63, 3.8) is 0 Å². The van der Waals surface area contributed by atoms with Crippen molar-refractivity contribution in [3.8, 4) is 11.3 Å². The minimum absolute atomic E-state index is 0.426. The van der Waals surface area contributed by atoms with Gasteiger partial charge in [0, 0.05) is 23.1 Å². The first-order valence-corrected chi connectivity index (χ1v) is 9.59. The van der Waals surface area contributed by atoms with E-state index in [0.717, 1.165) is 0 Å². The summed E-state index contributed by atoms with van der Waals surface area (Å²) in [7, 11) is 2.32. The molecule has 1 aromatic heterocycles. The van der Waals surface area contributed by atoms with Crippen LogP contribution in [0, 0.1) is 6.92 Å². The Morgan fingerprint density at radius 1 is 0.875 bits per heavy atom. The zero-order valence-corrected chi connectivity index (χ0v) is 15.5. The van der Waals surface area contributed by atoms with Crippen LogP contribution in [-0.4, -0.2) is 0 Å². The summed E-state index contributed by atoms with van der Waals surface area (Å²) < 4.78 is 2.57. The van der Waals surface area contributed by atoms with Gasteiger partial charge >= 0.3 is 0 Å². The lowest BCUT2D eigenvalue weighted by Gasteiger charge is -2.40. The molecule has 0 N–H and O–H groups in total. The van der Waals surface area contributed by atoms with Crippen molar-refractivity contribution in [3.05, 3.63) is 52.2 Å². The number of aromatic nitrogens is 1. The highest BCUT2D eigenvalue weighted by Gasteiger charge is 2.53. The average Bonchev–Trinajstić information content (AvgIpc) is 3.08. The van der Waals surface area contributed by atoms with Gasteiger partial charge in [-0.1, -0.05) is 32.0 Å². The predicted octanol–water partition coefficient (Wildman–Crippen LogP) is 4.69. The summed E-state index contributed by atoms with van der Waals surface area (Å²) in [6.07, 6.45) is 7.96. The van der Waals surface area contributed by atoms with Crippen molar-refractivity contribution >= 4 is 0 Å². The van der Waals surface area contributed by atoms with E-state index in [2.05, 4.69) is 56.7 Å². The first-order chi connectivity index (χ1) is 11.4. The smallest absolute Gasteiger partial charge is 0.198 e. The van der Waals surface area contributed by atoms with Gasteiger partial charge in [-0.2, -0.15) is 4.57 Å². The normalized spacial score (nSPS) is 29.8. The van der Waals surface area contributed by atoms with Gasteiger partial charge < -0.3 is 0 Å². The molecule has 3 aliphatic carbocycles. The molecule has 124 valence electrons. The zero-order valence-electron chi connectivity index (χ0n) is 15.5. The Balaban J connectivity index is 1.91. The second-order valence-corrected chi connectivity index (χ2v) is 9.02. The molecule has 0 bridgehead atoms. The third-order valence-corrected chi connectivity index (χ3v) is 7.54. The highest BCUT2D eigenvalue weighted by atomic mass is 15.0. The number of pyridine rings is 1. The quantitative estimate of drug-likeness (QED) is 0.672. The van der Waals surface area contributed by atoms with Gasteiger partial charge in [0.05, 0.1) is 0 Å². The highest BCUT2D eigenvalue weighted by molar-refractivity contribution is 5.69. The van der Waals surface area contributed by atoms with Gasteiger partial charge in [-0.05, 0) is 67.1 Å². The van der Waals surface area contributed by atoms with E-state index >= 15 is 0 Å². The van der Waals surface area contributed by atoms with Crippen LogP contribution in [0.15, 0.2) is 24.3 Å². The van der Waals surface area contributed by atoms with Crippen LogP contribution in [0.1, 0.15) is 67.5 Å². The van der Waals surface area contributed by atoms with Crippen molar-refractivity contribution in [2.24, 2.45) is 7.05 Å². The molecule has 0 aliphatic heterocycles. The maximum absolute atomic E-state index is 2.57. The van der Waals surface area contributed by atoms with Crippen LogP contribution in [0.2, 0.25) is 0 Å². The maximum Gasteiger partial charge on any atom is 0.216 e. The molecule has 0 fully saturated rings. The summed E-state index contributed by atoms with van der Waals surface area (Å²) in [5.41, 5.74) is 12.0. The molecule has 1 nitrogen and oxygen atoms in total. The summed E-state index contributed by atoms with van der Waals surface area (Å²) in [6, 6.07) is 8.95. The van der Waals surface area contributed by atoms with Gasteiger partial charge in [0.25, 0.3) is 0 Å². The van der Waals surface area contributed by atoms with E-state index in [4.69, 9.17) is 0 Å². The molecule has 3 aliphatic rings. The van der Waals surface area contributed by atoms with Crippen molar-refractivity contribution < 1.29 is 4.57 Å². The van der Waals surface area contributed by atoms with E-state index < -0.39 is 0 Å². The molecule has 1 heteroatoms. The summed E-state index contributed by atoms with van der Waals surface area (Å²) in [6.45, 7) is 7.34. The van der Waals surface area contributed by atoms with Crippen LogP contribution >= 0.6 is 0 Å². The molecule has 0 amide bonds. The van der Waals surface area contributed by atoms with Crippen molar-refractivity contribution in [2.45, 2.75) is 70.1 Å². The molecule has 0 spiro atoms. The Morgan fingerprint density at radius 2 is 1.54 bits per heavy atom. The molecule has 0 saturated carbocycles. The molecule has 0 saturated heterocycles. The fourth-order valence-corrected chi connectivity index (χ4v) is 6.05. The minimum atomic E-state index is 0.426. The van der Waals surface area contributed by atoms with E-state index in [0.29, 0.717) is 10.8 Å². The first kappa shape index (κ1) is 14.7. The lowest BCUT2D eigenvalue weighted by molar-refractivity contribution is -0.668. The van der Waals surface area contributed by atoms with Crippen LogP contribution in [0.25, 0.3) is 11.3 Å². The summed E-state index contributed by atoms with van der Waals surface area (Å²) in [5, 5.41) is 0. The molecule has 1 aromatic carbocycles. The van der Waals surface area contributed by atoms with Gasteiger partial charge in [0.2, 0.25) is 5.69 Å². The third-order valence-electron chi connectivity index (χ3n) is 7.54. The SMILES string of the molecule is Cc1ccccc1-c1c2c3c4c([n+]1C)CCC4(C)CCC3(C)CC2. The molecule has 1 heterocycles. The van der Waals surface area contributed by atoms with Gasteiger partial charge in [0.15, 0.2) is 5.69 Å². The molecule has 2 aromatic rings. The van der Waals surface area contributed by atoms with Crippen molar-refractivity contribution in [1.29, 1.82) is 0 Å². The van der Waals surface area contributed by atoms with E-state index in [-0.39, 0.29) is 0 Å². The number of hydrogen-bond donors (Lipinski definition) is 0. The molecule has 24 heavy (non-hydrogen) atoms. The number of nitrogens with zero attached hydrogens (tertiary/aromatic N) is 1. The van der Waals surface area contributed by atoms with Crippen LogP contribution < -0.4 is 4.57 Å². The van der Waals surface area contributed by atoms with E-state index in [1.165, 1.54) is 55.3 Å². The Morgan fingerprint density at radius 3 is 2.29 bits per heavy atom.